The van der Waals surface area contributed by atoms with Crippen molar-refractivity contribution in [2.75, 3.05) is 6.26 Å². The second-order valence-corrected chi connectivity index (χ2v) is 3.08. The van der Waals surface area contributed by atoms with E-state index in [1.807, 2.05) is 6.92 Å². The summed E-state index contributed by atoms with van der Waals surface area (Å²) in [6.45, 7) is 1.84. The fraction of sp³-hybridized carbons (Fsp3) is 0.286. The third kappa shape index (κ3) is 1.73. The van der Waals surface area contributed by atoms with Crippen molar-refractivity contribution in [3.8, 4) is 0 Å². The van der Waals surface area contributed by atoms with Crippen molar-refractivity contribution in [1.82, 2.24) is 9.78 Å². The lowest BCUT2D eigenvalue weighted by molar-refractivity contribution is 0.800. The van der Waals surface area contributed by atoms with Gasteiger partial charge < -0.3 is 0 Å². The van der Waals surface area contributed by atoms with E-state index in [-0.39, 0.29) is 10.7 Å². The molecule has 0 aliphatic rings. The minimum atomic E-state index is 0.236. The molecular formula is C7H10N4S. The molecule has 4 nitrogen and oxygen atoms in total. The molecule has 0 atom stereocenters. The van der Waals surface area contributed by atoms with E-state index in [1.165, 1.54) is 16.4 Å². The molecule has 1 aromatic rings. The van der Waals surface area contributed by atoms with Gasteiger partial charge in [-0.25, -0.2) is 0 Å². The quantitative estimate of drug-likeness (QED) is 0.461. The van der Waals surface area contributed by atoms with Crippen molar-refractivity contribution in [1.29, 1.82) is 10.8 Å². The molecule has 1 rings (SSSR count). The van der Waals surface area contributed by atoms with Crippen LogP contribution < -0.4 is 5.49 Å². The molecule has 0 bridgehead atoms. The lowest BCUT2D eigenvalue weighted by Crippen LogP contribution is -2.26. The number of aryl methyl sites for hydroxylation is 1. The maximum absolute atomic E-state index is 7.46. The van der Waals surface area contributed by atoms with Crippen molar-refractivity contribution < 1.29 is 0 Å². The van der Waals surface area contributed by atoms with Crippen molar-refractivity contribution in [3.63, 3.8) is 0 Å². The molecule has 2 N–H and O–H groups in total. The first kappa shape index (κ1) is 8.99. The molecule has 12 heavy (non-hydrogen) atoms. The second-order valence-electron chi connectivity index (χ2n) is 2.28. The second kappa shape index (κ2) is 3.53. The van der Waals surface area contributed by atoms with Crippen molar-refractivity contribution in [2.24, 2.45) is 0 Å². The maximum atomic E-state index is 7.46. The van der Waals surface area contributed by atoms with Gasteiger partial charge in [0.25, 0.3) is 0 Å². The Labute approximate surface area is 74.6 Å². The van der Waals surface area contributed by atoms with Gasteiger partial charge in [0.05, 0.1) is 5.69 Å². The van der Waals surface area contributed by atoms with E-state index in [0.717, 1.165) is 5.69 Å². The van der Waals surface area contributed by atoms with Crippen LogP contribution in [-0.2, 0) is 0 Å². The van der Waals surface area contributed by atoms with Crippen LogP contribution in [0.2, 0.25) is 0 Å². The number of hydrogen-bond acceptors (Lipinski definition) is 4. The van der Waals surface area contributed by atoms with E-state index in [9.17, 15) is 0 Å². The smallest absolute Gasteiger partial charge is 0.183 e. The summed E-state index contributed by atoms with van der Waals surface area (Å²) in [5.74, 6) is 0. The molecular weight excluding hydrogens is 172 g/mol. The Morgan fingerprint density at radius 3 is 2.83 bits per heavy atom. The number of thioether (sulfide) groups is 1. The van der Waals surface area contributed by atoms with E-state index < -0.39 is 0 Å². The van der Waals surface area contributed by atoms with Gasteiger partial charge in [0.2, 0.25) is 0 Å². The average molecular weight is 182 g/mol. The van der Waals surface area contributed by atoms with Gasteiger partial charge in [-0.1, -0.05) is 11.8 Å². The first-order valence-electron chi connectivity index (χ1n) is 3.39. The zero-order chi connectivity index (χ0) is 9.14. The monoisotopic (exact) mass is 182 g/mol. The maximum Gasteiger partial charge on any atom is 0.183 e. The molecule has 0 aliphatic carbocycles. The van der Waals surface area contributed by atoms with Gasteiger partial charge in [0.1, 0.15) is 5.49 Å². The Bertz CT molecular complexity index is 355. The van der Waals surface area contributed by atoms with Gasteiger partial charge in [-0.3, -0.25) is 10.8 Å². The average Bonchev–Trinajstić information content (AvgIpc) is 2.08. The molecule has 0 fully saturated rings. The third-order valence-corrected chi connectivity index (χ3v) is 1.91. The van der Waals surface area contributed by atoms with Crippen LogP contribution in [0.25, 0.3) is 0 Å². The van der Waals surface area contributed by atoms with Crippen LogP contribution in [0.15, 0.2) is 12.1 Å². The van der Waals surface area contributed by atoms with Gasteiger partial charge >= 0.3 is 0 Å². The minimum Gasteiger partial charge on any atom is -0.283 e. The number of nitrogens with zero attached hydrogens (tertiary/aromatic N) is 2. The van der Waals surface area contributed by atoms with E-state index in [1.54, 1.807) is 18.4 Å². The van der Waals surface area contributed by atoms with Crippen LogP contribution in [0.5, 0.6) is 0 Å². The van der Waals surface area contributed by atoms with E-state index >= 15 is 0 Å². The highest BCUT2D eigenvalue weighted by atomic mass is 32.2. The van der Waals surface area contributed by atoms with Crippen LogP contribution in [0.1, 0.15) is 5.69 Å². The van der Waals surface area contributed by atoms with Gasteiger partial charge in [-0.05, 0) is 25.3 Å². The molecule has 0 saturated heterocycles. The Balaban J connectivity index is 3.23. The summed E-state index contributed by atoms with van der Waals surface area (Å²) < 4.78 is 1.31. The van der Waals surface area contributed by atoms with Crippen molar-refractivity contribution in [3.05, 3.63) is 23.3 Å². The summed E-state index contributed by atoms with van der Waals surface area (Å²) in [6.07, 6.45) is 1.79. The van der Waals surface area contributed by atoms with E-state index in [0.29, 0.717) is 0 Å². The minimum absolute atomic E-state index is 0.236. The molecule has 0 aliphatic heterocycles. The topological polar surface area (TPSA) is 65.5 Å². The lowest BCUT2D eigenvalue weighted by Gasteiger charge is -2.03. The number of rotatable bonds is 0. The van der Waals surface area contributed by atoms with E-state index in [4.69, 9.17) is 10.8 Å². The lowest BCUT2D eigenvalue weighted by atomic mass is 10.4. The predicted octanol–water partition coefficient (Wildman–Crippen LogP) is 0.817. The highest BCUT2D eigenvalue weighted by molar-refractivity contribution is 8.13. The zero-order valence-electron chi connectivity index (χ0n) is 6.96. The van der Waals surface area contributed by atoms with Gasteiger partial charge in [-0.2, -0.15) is 9.78 Å². The largest absolute Gasteiger partial charge is 0.283 e. The molecule has 0 saturated carbocycles. The fourth-order valence-corrected chi connectivity index (χ4v) is 1.07. The number of nitrogens with one attached hydrogen (secondary N) is 2. The molecule has 0 aromatic carbocycles. The molecule has 0 amide bonds. The Kier molecular flexibility index (Phi) is 2.65. The third-order valence-electron chi connectivity index (χ3n) is 1.35. The highest BCUT2D eigenvalue weighted by Gasteiger charge is 1.99. The first-order chi connectivity index (χ1) is 5.65. The van der Waals surface area contributed by atoms with Crippen LogP contribution in [0.4, 0.5) is 0 Å². The molecule has 0 spiro atoms. The highest BCUT2D eigenvalue weighted by Crippen LogP contribution is 1.95. The number of aromatic nitrogens is 2. The van der Waals surface area contributed by atoms with Gasteiger partial charge in [-0.15, -0.1) is 0 Å². The Morgan fingerprint density at radius 2 is 2.25 bits per heavy atom. The summed E-state index contributed by atoms with van der Waals surface area (Å²) in [5, 5.41) is 19.2. The number of hydrogen-bond donors (Lipinski definition) is 2. The standard InChI is InChI=1S/C7H10N4S/c1-5-3-4-6(8)11(10-5)7(9)12-2/h3-4,8-9H,1-2H3. The summed E-state index contributed by atoms with van der Waals surface area (Å²) in [4.78, 5) is 0. The molecule has 1 aromatic heterocycles. The van der Waals surface area contributed by atoms with Gasteiger partial charge in [0.15, 0.2) is 5.17 Å². The summed E-state index contributed by atoms with van der Waals surface area (Å²) in [5.41, 5.74) is 1.05. The molecule has 0 radical (unpaired) electrons. The predicted molar refractivity (Wildman–Crippen MR) is 49.5 cm³/mol. The fourth-order valence-electron chi connectivity index (χ4n) is 0.756. The normalized spacial score (nSPS) is 9.83. The van der Waals surface area contributed by atoms with Crippen molar-refractivity contribution in [2.45, 2.75) is 6.92 Å². The SMILES string of the molecule is CSC(=N)n1nc(C)ccc1=N. The van der Waals surface area contributed by atoms with Crippen LogP contribution in [0.3, 0.4) is 0 Å². The van der Waals surface area contributed by atoms with Crippen molar-refractivity contribution >= 4 is 16.9 Å². The molecule has 0 unspecified atom stereocenters. The molecule has 1 heterocycles. The molecule has 64 valence electrons. The summed E-state index contributed by atoms with van der Waals surface area (Å²) >= 11 is 1.26. The summed E-state index contributed by atoms with van der Waals surface area (Å²) in [6, 6.07) is 3.39. The van der Waals surface area contributed by atoms with Crippen LogP contribution in [0, 0.1) is 17.7 Å². The van der Waals surface area contributed by atoms with Crippen LogP contribution >= 0.6 is 11.8 Å². The zero-order valence-corrected chi connectivity index (χ0v) is 7.77. The van der Waals surface area contributed by atoms with Crippen LogP contribution in [-0.4, -0.2) is 21.2 Å². The van der Waals surface area contributed by atoms with E-state index in [2.05, 4.69) is 5.10 Å². The molecule has 5 heteroatoms. The first-order valence-corrected chi connectivity index (χ1v) is 4.62. The summed E-state index contributed by atoms with van der Waals surface area (Å²) in [7, 11) is 0. The van der Waals surface area contributed by atoms with Gasteiger partial charge in [0, 0.05) is 0 Å². The Morgan fingerprint density at radius 1 is 1.58 bits per heavy atom. The Hall–Kier alpha value is -1.10.